The van der Waals surface area contributed by atoms with Gasteiger partial charge in [-0.25, -0.2) is 0 Å². The molecule has 1 saturated heterocycles. The van der Waals surface area contributed by atoms with Crippen LogP contribution in [0.1, 0.15) is 30.4 Å². The van der Waals surface area contributed by atoms with E-state index in [1.165, 1.54) is 12.1 Å². The molecule has 0 radical (unpaired) electrons. The predicted octanol–water partition coefficient (Wildman–Crippen LogP) is 1.03. The Morgan fingerprint density at radius 2 is 1.77 bits per heavy atom. The highest BCUT2D eigenvalue weighted by Gasteiger charge is 2.31. The van der Waals surface area contributed by atoms with E-state index in [-0.39, 0.29) is 31.5 Å². The zero-order chi connectivity index (χ0) is 23.2. The number of likely N-dealkylation sites (tertiary alicyclic amines) is 1. The van der Waals surface area contributed by atoms with Crippen molar-refractivity contribution in [2.45, 2.75) is 50.2 Å². The Hall–Kier alpha value is -2.01. The van der Waals surface area contributed by atoms with E-state index in [1.54, 1.807) is 11.9 Å². The van der Waals surface area contributed by atoms with Crippen molar-refractivity contribution in [3.05, 3.63) is 35.4 Å². The second kappa shape index (κ2) is 11.0. The lowest BCUT2D eigenvalue weighted by Gasteiger charge is -2.35. The van der Waals surface area contributed by atoms with Gasteiger partial charge >= 0.3 is 6.18 Å². The van der Waals surface area contributed by atoms with E-state index in [0.29, 0.717) is 5.56 Å². The third-order valence-electron chi connectivity index (χ3n) is 5.62. The molecule has 0 spiro atoms. The number of hydrogen-bond acceptors (Lipinski definition) is 6. The smallest absolute Gasteiger partial charge is 0.389 e. The molecule has 3 N–H and O–H groups in total. The third kappa shape index (κ3) is 7.57. The number of carbonyl (C=O) groups excluding carboxylic acids is 2. The van der Waals surface area contributed by atoms with Gasteiger partial charge in [0.05, 0.1) is 24.6 Å². The summed E-state index contributed by atoms with van der Waals surface area (Å²) in [4.78, 5) is 28.2. The molecule has 2 atom stereocenters. The number of nitrogens with one attached hydrogen (secondary N) is 1. The molecule has 0 bridgehead atoms. The molecule has 31 heavy (non-hydrogen) atoms. The Morgan fingerprint density at radius 3 is 2.32 bits per heavy atom. The van der Waals surface area contributed by atoms with E-state index in [0.717, 1.165) is 38.1 Å². The summed E-state index contributed by atoms with van der Waals surface area (Å²) in [5.41, 5.74) is -0.230. The zero-order valence-corrected chi connectivity index (χ0v) is 17.7. The van der Waals surface area contributed by atoms with E-state index in [9.17, 15) is 33.0 Å². The second-order valence-electron chi connectivity index (χ2n) is 8.02. The first-order valence-corrected chi connectivity index (χ1v) is 10.2. The highest BCUT2D eigenvalue weighted by atomic mass is 19.4. The lowest BCUT2D eigenvalue weighted by Crippen LogP contribution is -2.47. The number of alkyl halides is 3. The minimum atomic E-state index is -4.42. The monoisotopic (exact) mass is 445 g/mol. The molecule has 1 aromatic carbocycles. The van der Waals surface area contributed by atoms with Crippen LogP contribution in [0.5, 0.6) is 0 Å². The Morgan fingerprint density at radius 1 is 1.19 bits per heavy atom. The second-order valence-corrected chi connectivity index (χ2v) is 8.02. The minimum Gasteiger partial charge on any atom is -0.389 e. The van der Waals surface area contributed by atoms with Gasteiger partial charge in [-0.3, -0.25) is 9.59 Å². The number of hydrogen-bond donors (Lipinski definition) is 3. The number of aliphatic hydroxyl groups is 2. The van der Waals surface area contributed by atoms with Gasteiger partial charge in [-0.1, -0.05) is 12.1 Å². The van der Waals surface area contributed by atoms with Gasteiger partial charge in [0.1, 0.15) is 6.10 Å². The Balaban J connectivity index is 1.75. The molecular formula is C21H30F3N3O4. The molecule has 0 aliphatic carbocycles. The van der Waals surface area contributed by atoms with Crippen molar-refractivity contribution in [1.82, 2.24) is 15.1 Å². The molecule has 174 valence electrons. The van der Waals surface area contributed by atoms with Crippen molar-refractivity contribution in [3.63, 3.8) is 0 Å². The van der Waals surface area contributed by atoms with Crippen molar-refractivity contribution in [1.29, 1.82) is 0 Å². The SMILES string of the molecule is CN1CCC(N(C)C(=O)C[C@H](O)[C@@H](O)C(=O)CNCc2ccc(C(F)(F)F)cc2)CC1. The maximum absolute atomic E-state index is 12.6. The summed E-state index contributed by atoms with van der Waals surface area (Å²) in [7, 11) is 3.67. The van der Waals surface area contributed by atoms with Crippen LogP contribution in [0.15, 0.2) is 24.3 Å². The molecule has 0 unspecified atom stereocenters. The van der Waals surface area contributed by atoms with Crippen molar-refractivity contribution < 1.29 is 33.0 Å². The quantitative estimate of drug-likeness (QED) is 0.526. The third-order valence-corrected chi connectivity index (χ3v) is 5.62. The summed E-state index contributed by atoms with van der Waals surface area (Å²) >= 11 is 0. The summed E-state index contributed by atoms with van der Waals surface area (Å²) in [6.45, 7) is 1.57. The topological polar surface area (TPSA) is 93.1 Å². The van der Waals surface area contributed by atoms with Gasteiger partial charge in [-0.2, -0.15) is 13.2 Å². The van der Waals surface area contributed by atoms with Crippen molar-refractivity contribution in [2.24, 2.45) is 0 Å². The molecule has 1 heterocycles. The van der Waals surface area contributed by atoms with E-state index in [4.69, 9.17) is 0 Å². The van der Waals surface area contributed by atoms with Gasteiger partial charge in [0.25, 0.3) is 0 Å². The fraction of sp³-hybridized carbons (Fsp3) is 0.619. The van der Waals surface area contributed by atoms with Crippen LogP contribution in [0.25, 0.3) is 0 Å². The molecule has 10 heteroatoms. The lowest BCUT2D eigenvalue weighted by atomic mass is 10.0. The molecule has 1 fully saturated rings. The van der Waals surface area contributed by atoms with Crippen LogP contribution in [0, 0.1) is 0 Å². The highest BCUT2D eigenvalue weighted by Crippen LogP contribution is 2.29. The van der Waals surface area contributed by atoms with E-state index in [1.807, 2.05) is 7.05 Å². The number of amides is 1. The van der Waals surface area contributed by atoms with Crippen LogP contribution in [0.4, 0.5) is 13.2 Å². The minimum absolute atomic E-state index is 0.0640. The van der Waals surface area contributed by atoms with Gasteiger partial charge in [0.15, 0.2) is 5.78 Å². The van der Waals surface area contributed by atoms with Crippen molar-refractivity contribution in [2.75, 3.05) is 33.7 Å². The van der Waals surface area contributed by atoms with Gasteiger partial charge in [-0.15, -0.1) is 0 Å². The first-order chi connectivity index (χ1) is 14.5. The number of ketones is 1. The van der Waals surface area contributed by atoms with Crippen molar-refractivity contribution in [3.8, 4) is 0 Å². The summed E-state index contributed by atoms with van der Waals surface area (Å²) in [6.07, 6.45) is -6.39. The van der Waals surface area contributed by atoms with Crippen molar-refractivity contribution >= 4 is 11.7 Å². The number of nitrogens with zero attached hydrogens (tertiary/aromatic N) is 2. The predicted molar refractivity (Wildman–Crippen MR) is 108 cm³/mol. The number of Topliss-reactive ketones (excluding diaryl/α,β-unsaturated/α-hetero) is 1. The normalized spacial score (nSPS) is 17.9. The highest BCUT2D eigenvalue weighted by molar-refractivity contribution is 5.86. The maximum Gasteiger partial charge on any atom is 0.416 e. The number of carbonyl (C=O) groups is 2. The van der Waals surface area contributed by atoms with E-state index < -0.39 is 29.7 Å². The van der Waals surface area contributed by atoms with Crippen LogP contribution in [-0.4, -0.2) is 83.7 Å². The average molecular weight is 445 g/mol. The van der Waals surface area contributed by atoms with Crippen LogP contribution < -0.4 is 5.32 Å². The molecule has 1 amide bonds. The van der Waals surface area contributed by atoms with Crippen LogP contribution in [0.2, 0.25) is 0 Å². The van der Waals surface area contributed by atoms with Gasteiger partial charge in [-0.05, 0) is 50.7 Å². The fourth-order valence-corrected chi connectivity index (χ4v) is 3.48. The number of piperidine rings is 1. The molecular weight excluding hydrogens is 415 g/mol. The molecule has 1 aromatic rings. The first kappa shape index (κ1) is 25.3. The number of halogens is 3. The molecule has 1 aliphatic heterocycles. The summed E-state index contributed by atoms with van der Waals surface area (Å²) < 4.78 is 37.7. The number of benzene rings is 1. The van der Waals surface area contributed by atoms with E-state index >= 15 is 0 Å². The summed E-state index contributed by atoms with van der Waals surface area (Å²) in [5.74, 6) is -1.04. The zero-order valence-electron chi connectivity index (χ0n) is 17.7. The molecule has 2 rings (SSSR count). The Kier molecular flexibility index (Phi) is 8.99. The van der Waals surface area contributed by atoms with Gasteiger partial charge < -0.3 is 25.3 Å². The maximum atomic E-state index is 12.6. The summed E-state index contributed by atoms with van der Waals surface area (Å²) in [6, 6.07) is 4.55. The number of aliphatic hydroxyl groups excluding tert-OH is 2. The van der Waals surface area contributed by atoms with Gasteiger partial charge in [0, 0.05) is 19.6 Å². The largest absolute Gasteiger partial charge is 0.416 e. The molecule has 0 saturated carbocycles. The lowest BCUT2D eigenvalue weighted by molar-refractivity contribution is -0.140. The van der Waals surface area contributed by atoms with Crippen LogP contribution >= 0.6 is 0 Å². The Bertz CT molecular complexity index is 734. The summed E-state index contributed by atoms with van der Waals surface area (Å²) in [5, 5.41) is 22.9. The molecule has 0 aromatic heterocycles. The van der Waals surface area contributed by atoms with Crippen LogP contribution in [-0.2, 0) is 22.3 Å². The fourth-order valence-electron chi connectivity index (χ4n) is 3.48. The first-order valence-electron chi connectivity index (χ1n) is 10.2. The molecule has 7 nitrogen and oxygen atoms in total. The van der Waals surface area contributed by atoms with E-state index in [2.05, 4.69) is 10.2 Å². The Labute approximate surface area is 179 Å². The number of rotatable bonds is 9. The average Bonchev–Trinajstić information content (AvgIpc) is 2.72. The molecule has 1 aliphatic rings. The van der Waals surface area contributed by atoms with Gasteiger partial charge in [0.2, 0.25) is 5.91 Å². The standard InChI is InChI=1S/C21H30F3N3O4/c1-26-9-7-16(8-10-26)27(2)19(30)11-17(28)20(31)18(29)13-25-12-14-3-5-15(6-4-14)21(22,23)24/h3-6,16-17,20,25,28,31H,7-13H2,1-2H3/t17-,20+/m0/s1. The van der Waals surface area contributed by atoms with Crippen LogP contribution in [0.3, 0.4) is 0 Å².